The highest BCUT2D eigenvalue weighted by Crippen LogP contribution is 2.45. The molecule has 0 amide bonds. The molecule has 0 N–H and O–H groups in total. The minimum atomic E-state index is 0.873. The number of anilines is 6. The van der Waals surface area contributed by atoms with Gasteiger partial charge in [-0.2, -0.15) is 0 Å². The first-order valence-electron chi connectivity index (χ1n) is 34.2. The fourth-order valence-electron chi connectivity index (χ4n) is 15.1. The first-order chi connectivity index (χ1) is 49.5. The third-order valence-electron chi connectivity index (χ3n) is 20.1. The van der Waals surface area contributed by atoms with Crippen molar-refractivity contribution in [1.29, 1.82) is 0 Å². The van der Waals surface area contributed by atoms with Crippen molar-refractivity contribution in [2.75, 3.05) is 9.80 Å². The SMILES string of the molecule is c1ccc(-c2ccc(N(c3ccc(-c4cc5ccccc5c5ccccc45)cc3)c3ccc4c(c3)oc3c5ccccc5ccc43)cc2)cc1.c1ccc(-c2cccc(N(c3ccc(-c4ccc5c(ccc6ccccc65)c4)cc3)c3ccc4c(c3)oc3c5ccccc5ccc43)c2)cc1. The van der Waals surface area contributed by atoms with Crippen molar-refractivity contribution < 1.29 is 8.83 Å². The molecule has 0 aliphatic rings. The van der Waals surface area contributed by atoms with Gasteiger partial charge in [0.05, 0.1) is 0 Å². The summed E-state index contributed by atoms with van der Waals surface area (Å²) in [6, 6.07) is 135. The van der Waals surface area contributed by atoms with E-state index in [0.717, 1.165) is 88.8 Å². The molecule has 100 heavy (non-hydrogen) atoms. The topological polar surface area (TPSA) is 32.8 Å². The summed E-state index contributed by atoms with van der Waals surface area (Å²) in [5.74, 6) is 0. The van der Waals surface area contributed by atoms with Crippen LogP contribution in [0.15, 0.2) is 385 Å². The highest BCUT2D eigenvalue weighted by Gasteiger charge is 2.21. The molecule has 0 aliphatic heterocycles. The Bertz CT molecular complexity index is 6510. The van der Waals surface area contributed by atoms with Crippen LogP contribution in [-0.4, -0.2) is 0 Å². The van der Waals surface area contributed by atoms with Crippen LogP contribution in [-0.2, 0) is 0 Å². The number of hydrogen-bond acceptors (Lipinski definition) is 4. The molecule has 0 saturated carbocycles. The first kappa shape index (κ1) is 58.1. The Morgan fingerprint density at radius 2 is 0.490 bits per heavy atom. The number of benzene rings is 18. The summed E-state index contributed by atoms with van der Waals surface area (Å²) in [5, 5.41) is 19.3. The second kappa shape index (κ2) is 24.4. The lowest BCUT2D eigenvalue weighted by Crippen LogP contribution is -2.10. The fourth-order valence-corrected chi connectivity index (χ4v) is 15.1. The molecule has 2 heterocycles. The van der Waals surface area contributed by atoms with Crippen molar-refractivity contribution >= 4 is 143 Å². The van der Waals surface area contributed by atoms with E-state index in [9.17, 15) is 0 Å². The minimum absolute atomic E-state index is 0.873. The van der Waals surface area contributed by atoms with Crippen LogP contribution in [0.25, 0.3) is 153 Å². The zero-order chi connectivity index (χ0) is 66.0. The molecule has 0 atom stereocenters. The molecule has 0 unspecified atom stereocenters. The largest absolute Gasteiger partial charge is 0.455 e. The average molecular weight is 1280 g/mol. The van der Waals surface area contributed by atoms with Gasteiger partial charge in [0.1, 0.15) is 22.3 Å². The molecule has 20 rings (SSSR count). The lowest BCUT2D eigenvalue weighted by Gasteiger charge is -2.26. The van der Waals surface area contributed by atoms with Gasteiger partial charge in [-0.1, -0.05) is 267 Å². The number of rotatable bonds is 10. The Labute approximate surface area is 578 Å². The zero-order valence-electron chi connectivity index (χ0n) is 54.5. The smallest absolute Gasteiger partial charge is 0.143 e. The van der Waals surface area contributed by atoms with E-state index in [0.29, 0.717) is 0 Å². The molecule has 0 radical (unpaired) electrons. The van der Waals surface area contributed by atoms with Gasteiger partial charge in [-0.05, 0) is 195 Å². The normalized spacial score (nSPS) is 11.6. The second-order valence-electron chi connectivity index (χ2n) is 25.9. The van der Waals surface area contributed by atoms with Gasteiger partial charge in [-0.3, -0.25) is 0 Å². The Kier molecular flexibility index (Phi) is 14.2. The van der Waals surface area contributed by atoms with E-state index in [-0.39, 0.29) is 0 Å². The number of hydrogen-bond donors (Lipinski definition) is 0. The number of fused-ring (bicyclic) bond motifs is 16. The molecule has 18 aromatic carbocycles. The molecule has 2 aromatic heterocycles. The van der Waals surface area contributed by atoms with Crippen molar-refractivity contribution in [3.63, 3.8) is 0 Å². The van der Waals surface area contributed by atoms with E-state index in [1.54, 1.807) is 0 Å². The summed E-state index contributed by atoms with van der Waals surface area (Å²) >= 11 is 0. The molecule has 0 aliphatic carbocycles. The summed E-state index contributed by atoms with van der Waals surface area (Å²) in [4.78, 5) is 4.65. The van der Waals surface area contributed by atoms with Crippen molar-refractivity contribution in [1.82, 2.24) is 0 Å². The molecule has 0 saturated heterocycles. The summed E-state index contributed by atoms with van der Waals surface area (Å²) in [6.07, 6.45) is 0. The van der Waals surface area contributed by atoms with E-state index in [1.807, 2.05) is 0 Å². The molecule has 468 valence electrons. The standard InChI is InChI=1S/2C48H31NO/c1-2-10-32(11-3-1)33-18-23-37(24-19-33)49(39-27-29-44-45-28-22-34-12-4-7-15-41(34)48(45)50-47(44)31-39)38-25-20-35(21-26-38)46-30-36-13-5-6-14-40(36)42-16-8-9-17-43(42)46;1-2-9-32(10-3-1)36-13-8-14-40(30-36)49(41-25-28-45-46-27-21-35-12-5-7-16-44(35)48(46)50-47(45)31-41)39-23-19-33(20-24-39)37-22-26-43-38(29-37)18-17-34-11-4-6-15-42(34)43/h2*1-31H. The van der Waals surface area contributed by atoms with E-state index in [1.165, 1.54) is 98.4 Å². The molecule has 4 nitrogen and oxygen atoms in total. The summed E-state index contributed by atoms with van der Waals surface area (Å²) in [7, 11) is 0. The van der Waals surface area contributed by atoms with Crippen LogP contribution in [0.5, 0.6) is 0 Å². The molecule has 4 heteroatoms. The summed E-state index contributed by atoms with van der Waals surface area (Å²) < 4.78 is 13.3. The predicted molar refractivity (Wildman–Crippen MR) is 424 cm³/mol. The maximum Gasteiger partial charge on any atom is 0.143 e. The summed E-state index contributed by atoms with van der Waals surface area (Å²) in [6.45, 7) is 0. The third-order valence-corrected chi connectivity index (χ3v) is 20.1. The number of nitrogens with zero attached hydrogens (tertiary/aromatic N) is 2. The van der Waals surface area contributed by atoms with Crippen molar-refractivity contribution in [3.05, 3.63) is 376 Å². The molecule has 0 fully saturated rings. The first-order valence-corrected chi connectivity index (χ1v) is 34.2. The van der Waals surface area contributed by atoms with Crippen LogP contribution in [0.1, 0.15) is 0 Å². The van der Waals surface area contributed by atoms with Crippen LogP contribution >= 0.6 is 0 Å². The van der Waals surface area contributed by atoms with Crippen LogP contribution in [0.4, 0.5) is 34.1 Å². The molecular formula is C96H62N2O2. The van der Waals surface area contributed by atoms with Crippen molar-refractivity contribution in [2.24, 2.45) is 0 Å². The lowest BCUT2D eigenvalue weighted by atomic mass is 9.93. The van der Waals surface area contributed by atoms with Gasteiger partial charge in [-0.15, -0.1) is 0 Å². The van der Waals surface area contributed by atoms with Crippen LogP contribution < -0.4 is 9.80 Å². The van der Waals surface area contributed by atoms with Gasteiger partial charge >= 0.3 is 0 Å². The third kappa shape index (κ3) is 10.3. The molecule has 0 spiro atoms. The maximum atomic E-state index is 6.63. The number of furan rings is 2. The predicted octanol–water partition coefficient (Wildman–Crippen LogP) is 27.7. The van der Waals surface area contributed by atoms with Crippen LogP contribution in [0.3, 0.4) is 0 Å². The highest BCUT2D eigenvalue weighted by molar-refractivity contribution is 6.18. The van der Waals surface area contributed by atoms with Crippen LogP contribution in [0.2, 0.25) is 0 Å². The van der Waals surface area contributed by atoms with E-state index in [4.69, 9.17) is 8.83 Å². The monoisotopic (exact) mass is 1270 g/mol. The van der Waals surface area contributed by atoms with E-state index in [2.05, 4.69) is 386 Å². The van der Waals surface area contributed by atoms with Gasteiger partial charge in [-0.25, -0.2) is 0 Å². The minimum Gasteiger partial charge on any atom is -0.455 e. The molecule has 20 aromatic rings. The van der Waals surface area contributed by atoms with Gasteiger partial charge in [0, 0.05) is 78.6 Å². The Morgan fingerprint density at radius 3 is 1.06 bits per heavy atom. The Morgan fingerprint density at radius 1 is 0.160 bits per heavy atom. The lowest BCUT2D eigenvalue weighted by molar-refractivity contribution is 0.672. The molecule has 0 bridgehead atoms. The fraction of sp³-hybridized carbons (Fsp3) is 0. The van der Waals surface area contributed by atoms with Crippen molar-refractivity contribution in [2.45, 2.75) is 0 Å². The maximum absolute atomic E-state index is 6.63. The van der Waals surface area contributed by atoms with Crippen LogP contribution in [0, 0.1) is 0 Å². The van der Waals surface area contributed by atoms with Gasteiger partial charge < -0.3 is 18.6 Å². The molecular weight excluding hydrogens is 1210 g/mol. The zero-order valence-corrected chi connectivity index (χ0v) is 54.5. The Balaban J connectivity index is 0.000000139. The Hall–Kier alpha value is -13.3. The van der Waals surface area contributed by atoms with Gasteiger partial charge in [0.2, 0.25) is 0 Å². The summed E-state index contributed by atoms with van der Waals surface area (Å²) in [5.41, 5.74) is 19.6. The van der Waals surface area contributed by atoms with Gasteiger partial charge in [0.15, 0.2) is 0 Å². The average Bonchev–Trinajstić information content (AvgIpc) is 1.43. The van der Waals surface area contributed by atoms with Gasteiger partial charge in [0.25, 0.3) is 0 Å². The second-order valence-corrected chi connectivity index (χ2v) is 25.9. The van der Waals surface area contributed by atoms with E-state index >= 15 is 0 Å². The van der Waals surface area contributed by atoms with Crippen molar-refractivity contribution in [3.8, 4) is 44.5 Å². The quantitative estimate of drug-likeness (QED) is 0.128. The highest BCUT2D eigenvalue weighted by atomic mass is 16.3. The van der Waals surface area contributed by atoms with E-state index < -0.39 is 0 Å².